The minimum absolute atomic E-state index is 0.316. The molecule has 0 saturated heterocycles. The summed E-state index contributed by atoms with van der Waals surface area (Å²) in [5.74, 6) is 0. The maximum Gasteiger partial charge on any atom is 0.0804 e. The third-order valence-electron chi connectivity index (χ3n) is 2.27. The molecule has 1 unspecified atom stereocenters. The maximum atomic E-state index is 9.71. The van der Waals surface area contributed by atoms with Gasteiger partial charge in [0.1, 0.15) is 0 Å². The standard InChI is InChI=1S/C11H19NO2/c1-3-4-11(13)10-5-6-12(9-10)7-8-14-2/h5-6,9,11,13H,3-4,7-8H2,1-2H3. The predicted octanol–water partition coefficient (Wildman–Crippen LogP) is 1.97. The van der Waals surface area contributed by atoms with Gasteiger partial charge in [0, 0.05) is 26.0 Å². The van der Waals surface area contributed by atoms with E-state index in [9.17, 15) is 5.11 Å². The Balaban J connectivity index is 2.49. The van der Waals surface area contributed by atoms with Gasteiger partial charge < -0.3 is 14.4 Å². The van der Waals surface area contributed by atoms with Crippen molar-refractivity contribution in [1.82, 2.24) is 4.57 Å². The highest BCUT2D eigenvalue weighted by atomic mass is 16.5. The first-order valence-corrected chi connectivity index (χ1v) is 5.10. The average Bonchev–Trinajstić information content (AvgIpc) is 2.63. The number of ether oxygens (including phenoxy) is 1. The van der Waals surface area contributed by atoms with Crippen molar-refractivity contribution < 1.29 is 9.84 Å². The molecule has 1 atom stereocenters. The van der Waals surface area contributed by atoms with Gasteiger partial charge in [-0.2, -0.15) is 0 Å². The van der Waals surface area contributed by atoms with Crippen molar-refractivity contribution in [2.75, 3.05) is 13.7 Å². The van der Waals surface area contributed by atoms with Crippen molar-refractivity contribution >= 4 is 0 Å². The molecule has 3 heteroatoms. The molecule has 0 aromatic carbocycles. The normalized spacial score (nSPS) is 13.1. The first kappa shape index (κ1) is 11.3. The van der Waals surface area contributed by atoms with Crippen molar-refractivity contribution in [3.63, 3.8) is 0 Å². The lowest BCUT2D eigenvalue weighted by Gasteiger charge is -2.06. The molecular formula is C11H19NO2. The molecule has 0 aliphatic heterocycles. The second-order valence-corrected chi connectivity index (χ2v) is 3.48. The first-order chi connectivity index (χ1) is 6.77. The topological polar surface area (TPSA) is 34.4 Å². The number of rotatable bonds is 6. The van der Waals surface area contributed by atoms with Crippen LogP contribution in [0.2, 0.25) is 0 Å². The SMILES string of the molecule is CCCC(O)c1ccn(CCOC)c1. The lowest BCUT2D eigenvalue weighted by Crippen LogP contribution is -2.01. The van der Waals surface area contributed by atoms with Gasteiger partial charge in [-0.05, 0) is 18.1 Å². The van der Waals surface area contributed by atoms with Crippen LogP contribution in [0.15, 0.2) is 18.5 Å². The van der Waals surface area contributed by atoms with Crippen LogP contribution in [0.5, 0.6) is 0 Å². The summed E-state index contributed by atoms with van der Waals surface area (Å²) in [6.45, 7) is 3.62. The van der Waals surface area contributed by atoms with E-state index in [0.29, 0.717) is 6.61 Å². The summed E-state index contributed by atoms with van der Waals surface area (Å²) in [6, 6.07) is 1.97. The summed E-state index contributed by atoms with van der Waals surface area (Å²) in [7, 11) is 1.69. The molecule has 1 heterocycles. The van der Waals surface area contributed by atoms with Crippen LogP contribution in [0.25, 0.3) is 0 Å². The Morgan fingerprint density at radius 2 is 2.36 bits per heavy atom. The number of hydrogen-bond acceptors (Lipinski definition) is 2. The van der Waals surface area contributed by atoms with Gasteiger partial charge in [-0.15, -0.1) is 0 Å². The number of methoxy groups -OCH3 is 1. The molecule has 0 aliphatic rings. The van der Waals surface area contributed by atoms with E-state index in [4.69, 9.17) is 4.74 Å². The van der Waals surface area contributed by atoms with Gasteiger partial charge in [-0.1, -0.05) is 13.3 Å². The maximum absolute atomic E-state index is 9.71. The lowest BCUT2D eigenvalue weighted by atomic mass is 10.1. The highest BCUT2D eigenvalue weighted by Crippen LogP contribution is 2.18. The molecule has 1 N–H and O–H groups in total. The molecule has 1 rings (SSSR count). The van der Waals surface area contributed by atoms with Gasteiger partial charge in [0.05, 0.1) is 12.7 Å². The van der Waals surface area contributed by atoms with Crippen molar-refractivity contribution in [3.8, 4) is 0 Å². The monoisotopic (exact) mass is 197 g/mol. The van der Waals surface area contributed by atoms with Gasteiger partial charge in [-0.3, -0.25) is 0 Å². The zero-order valence-corrected chi connectivity index (χ0v) is 8.94. The van der Waals surface area contributed by atoms with E-state index in [1.807, 2.05) is 23.0 Å². The quantitative estimate of drug-likeness (QED) is 0.756. The third kappa shape index (κ3) is 3.16. The summed E-state index contributed by atoms with van der Waals surface area (Å²) in [5.41, 5.74) is 1.00. The molecule has 3 nitrogen and oxygen atoms in total. The molecule has 1 aromatic heterocycles. The number of aromatic nitrogens is 1. The molecule has 0 saturated carbocycles. The van der Waals surface area contributed by atoms with Crippen LogP contribution in [0, 0.1) is 0 Å². The van der Waals surface area contributed by atoms with Crippen LogP contribution in [0.1, 0.15) is 31.4 Å². The van der Waals surface area contributed by atoms with E-state index in [2.05, 4.69) is 6.92 Å². The van der Waals surface area contributed by atoms with Crippen molar-refractivity contribution in [2.45, 2.75) is 32.4 Å². The predicted molar refractivity (Wildman–Crippen MR) is 56.2 cm³/mol. The summed E-state index contributed by atoms with van der Waals surface area (Å²) in [6.07, 6.45) is 5.48. The Kier molecular flexibility index (Phi) is 4.70. The zero-order chi connectivity index (χ0) is 10.4. The summed E-state index contributed by atoms with van der Waals surface area (Å²) < 4.78 is 7.02. The van der Waals surface area contributed by atoms with E-state index in [0.717, 1.165) is 24.9 Å². The molecule has 0 radical (unpaired) electrons. The van der Waals surface area contributed by atoms with Gasteiger partial charge in [0.25, 0.3) is 0 Å². The Labute approximate surface area is 85.3 Å². The fourth-order valence-corrected chi connectivity index (χ4v) is 1.43. The largest absolute Gasteiger partial charge is 0.388 e. The summed E-state index contributed by atoms with van der Waals surface area (Å²) >= 11 is 0. The van der Waals surface area contributed by atoms with Crippen LogP contribution in [0.3, 0.4) is 0 Å². The van der Waals surface area contributed by atoms with Gasteiger partial charge in [0.15, 0.2) is 0 Å². The number of aliphatic hydroxyl groups is 1. The van der Waals surface area contributed by atoms with Crippen molar-refractivity contribution in [3.05, 3.63) is 24.0 Å². The van der Waals surface area contributed by atoms with E-state index in [1.165, 1.54) is 0 Å². The average molecular weight is 197 g/mol. The third-order valence-corrected chi connectivity index (χ3v) is 2.27. The lowest BCUT2D eigenvalue weighted by molar-refractivity contribution is 0.165. The van der Waals surface area contributed by atoms with Crippen LogP contribution < -0.4 is 0 Å². The summed E-state index contributed by atoms with van der Waals surface area (Å²) in [5, 5.41) is 9.71. The fourth-order valence-electron chi connectivity index (χ4n) is 1.43. The van der Waals surface area contributed by atoms with E-state index in [-0.39, 0.29) is 6.10 Å². The second-order valence-electron chi connectivity index (χ2n) is 3.48. The smallest absolute Gasteiger partial charge is 0.0804 e. The Hall–Kier alpha value is -0.800. The van der Waals surface area contributed by atoms with Crippen LogP contribution in [-0.4, -0.2) is 23.4 Å². The molecule has 0 fully saturated rings. The van der Waals surface area contributed by atoms with E-state index in [1.54, 1.807) is 7.11 Å². The number of hydrogen-bond donors (Lipinski definition) is 1. The highest BCUT2D eigenvalue weighted by Gasteiger charge is 2.07. The van der Waals surface area contributed by atoms with E-state index >= 15 is 0 Å². The molecule has 14 heavy (non-hydrogen) atoms. The van der Waals surface area contributed by atoms with Crippen molar-refractivity contribution in [2.24, 2.45) is 0 Å². The van der Waals surface area contributed by atoms with E-state index < -0.39 is 0 Å². The minimum Gasteiger partial charge on any atom is -0.388 e. The molecule has 80 valence electrons. The molecule has 0 spiro atoms. The Morgan fingerprint density at radius 3 is 3.00 bits per heavy atom. The molecule has 0 aliphatic carbocycles. The molecular weight excluding hydrogens is 178 g/mol. The van der Waals surface area contributed by atoms with Crippen LogP contribution in [-0.2, 0) is 11.3 Å². The number of nitrogens with zero attached hydrogens (tertiary/aromatic N) is 1. The van der Waals surface area contributed by atoms with Crippen molar-refractivity contribution in [1.29, 1.82) is 0 Å². The minimum atomic E-state index is -0.316. The highest BCUT2D eigenvalue weighted by molar-refractivity contribution is 5.13. The summed E-state index contributed by atoms with van der Waals surface area (Å²) in [4.78, 5) is 0. The number of aliphatic hydroxyl groups excluding tert-OH is 1. The second kappa shape index (κ2) is 5.83. The molecule has 0 amide bonds. The fraction of sp³-hybridized carbons (Fsp3) is 0.636. The molecule has 1 aromatic rings. The van der Waals surface area contributed by atoms with Crippen LogP contribution >= 0.6 is 0 Å². The van der Waals surface area contributed by atoms with Crippen LogP contribution in [0.4, 0.5) is 0 Å². The van der Waals surface area contributed by atoms with Gasteiger partial charge in [0.2, 0.25) is 0 Å². The zero-order valence-electron chi connectivity index (χ0n) is 8.94. The molecule has 0 bridgehead atoms. The van der Waals surface area contributed by atoms with Gasteiger partial charge >= 0.3 is 0 Å². The Morgan fingerprint density at radius 1 is 1.57 bits per heavy atom. The first-order valence-electron chi connectivity index (χ1n) is 5.10. The van der Waals surface area contributed by atoms with Gasteiger partial charge in [-0.25, -0.2) is 0 Å². The Bertz CT molecular complexity index is 258.